The van der Waals surface area contributed by atoms with E-state index < -0.39 is 43.0 Å². The Morgan fingerprint density at radius 1 is 1.26 bits per heavy atom. The molecule has 170 valence electrons. The molecule has 3 rings (SSSR count). The first kappa shape index (κ1) is 23.4. The number of hydrogen-bond acceptors (Lipinski definition) is 5. The van der Waals surface area contributed by atoms with Crippen LogP contribution in [0, 0.1) is 5.41 Å². The van der Waals surface area contributed by atoms with Crippen LogP contribution in [0.1, 0.15) is 44.6 Å². The van der Waals surface area contributed by atoms with Crippen molar-refractivity contribution >= 4 is 31.1 Å². The van der Waals surface area contributed by atoms with E-state index in [1.807, 2.05) is 12.1 Å². The molecule has 31 heavy (non-hydrogen) atoms. The first-order valence-corrected chi connectivity index (χ1v) is 12.4. The van der Waals surface area contributed by atoms with Gasteiger partial charge in [-0.15, -0.1) is 0 Å². The van der Waals surface area contributed by atoms with Crippen LogP contribution in [0.3, 0.4) is 0 Å². The Bertz CT molecular complexity index is 891. The minimum atomic E-state index is -4.42. The van der Waals surface area contributed by atoms with Gasteiger partial charge in [-0.2, -0.15) is 0 Å². The van der Waals surface area contributed by atoms with Gasteiger partial charge < -0.3 is 19.8 Å². The van der Waals surface area contributed by atoms with E-state index in [9.17, 15) is 28.7 Å². The Balaban J connectivity index is 1.84. The predicted octanol–water partition coefficient (Wildman–Crippen LogP) is 1.75. The monoisotopic (exact) mass is 452 g/mol. The number of carbonyl (C=O) groups excluding carboxylic acids is 3. The van der Waals surface area contributed by atoms with E-state index in [0.29, 0.717) is 44.2 Å². The Kier molecular flexibility index (Phi) is 7.19. The number of aryl methyl sites for hydroxylation is 1. The number of amides is 2. The summed E-state index contributed by atoms with van der Waals surface area (Å²) >= 11 is 0. The standard InChI is InChI=1S/C21H29N2O7P/c1-2-30-18(24)13-23-17-8-4-3-7-15(17)9-10-16(19(23)25)22-20(26)21(11-5-6-12-21)14-31(27,28)29/h3-4,7-8,16H,2,5-6,9-14H2,1H3,(H,22,26)(H2,27,28,29)/t16-/m0/s1. The van der Waals surface area contributed by atoms with Gasteiger partial charge >= 0.3 is 13.6 Å². The number of para-hydroxylation sites is 1. The molecule has 3 N–H and O–H groups in total. The summed E-state index contributed by atoms with van der Waals surface area (Å²) in [5.74, 6) is -1.49. The summed E-state index contributed by atoms with van der Waals surface area (Å²) in [6.45, 7) is 1.60. The van der Waals surface area contributed by atoms with Crippen LogP contribution in [0.2, 0.25) is 0 Å². The van der Waals surface area contributed by atoms with Gasteiger partial charge in [-0.25, -0.2) is 0 Å². The Labute approximate surface area is 181 Å². The maximum Gasteiger partial charge on any atom is 0.326 e. The van der Waals surface area contributed by atoms with Crippen molar-refractivity contribution in [2.24, 2.45) is 5.41 Å². The number of fused-ring (bicyclic) bond motifs is 1. The second-order valence-corrected chi connectivity index (χ2v) is 9.88. The first-order valence-electron chi connectivity index (χ1n) is 10.6. The number of carbonyl (C=O) groups is 3. The molecule has 0 saturated heterocycles. The van der Waals surface area contributed by atoms with E-state index >= 15 is 0 Å². The van der Waals surface area contributed by atoms with Crippen LogP contribution in [-0.4, -0.2) is 52.9 Å². The average Bonchev–Trinajstić information content (AvgIpc) is 3.12. The van der Waals surface area contributed by atoms with Gasteiger partial charge in [0, 0.05) is 5.69 Å². The Hall–Kier alpha value is -2.22. The zero-order chi connectivity index (χ0) is 22.6. The third kappa shape index (κ3) is 5.53. The molecular formula is C21H29N2O7P. The molecule has 0 spiro atoms. The van der Waals surface area contributed by atoms with Crippen molar-refractivity contribution in [2.45, 2.75) is 51.5 Å². The van der Waals surface area contributed by atoms with Gasteiger partial charge in [0.2, 0.25) is 11.8 Å². The SMILES string of the molecule is CCOC(=O)CN1C(=O)[C@@H](NC(=O)C2(CP(=O)(O)O)CCCC2)CCc2ccccc21. The number of rotatable bonds is 7. The second kappa shape index (κ2) is 9.51. The molecule has 1 aromatic rings. The maximum absolute atomic E-state index is 13.3. The number of esters is 1. The van der Waals surface area contributed by atoms with Crippen LogP contribution < -0.4 is 10.2 Å². The van der Waals surface area contributed by atoms with Crippen molar-refractivity contribution in [2.75, 3.05) is 24.2 Å². The lowest BCUT2D eigenvalue weighted by Gasteiger charge is -2.31. The maximum atomic E-state index is 13.3. The second-order valence-electron chi connectivity index (χ2n) is 8.23. The number of nitrogens with one attached hydrogen (secondary N) is 1. The van der Waals surface area contributed by atoms with Gasteiger partial charge in [0.1, 0.15) is 12.6 Å². The zero-order valence-corrected chi connectivity index (χ0v) is 18.5. The Morgan fingerprint density at radius 3 is 2.58 bits per heavy atom. The molecule has 0 bridgehead atoms. The van der Waals surface area contributed by atoms with E-state index in [4.69, 9.17) is 4.74 Å². The van der Waals surface area contributed by atoms with Crippen LogP contribution in [0.4, 0.5) is 5.69 Å². The van der Waals surface area contributed by atoms with Gasteiger partial charge in [-0.1, -0.05) is 31.0 Å². The lowest BCUT2D eigenvalue weighted by Crippen LogP contribution is -2.53. The molecule has 2 aliphatic rings. The summed E-state index contributed by atoms with van der Waals surface area (Å²) in [7, 11) is -4.42. The van der Waals surface area contributed by atoms with Crippen molar-refractivity contribution < 1.29 is 33.5 Å². The lowest BCUT2D eigenvalue weighted by atomic mass is 9.87. The average molecular weight is 452 g/mol. The summed E-state index contributed by atoms with van der Waals surface area (Å²) < 4.78 is 16.7. The molecule has 0 radical (unpaired) electrons. The van der Waals surface area contributed by atoms with Crippen LogP contribution in [0.25, 0.3) is 0 Å². The smallest absolute Gasteiger partial charge is 0.326 e. The molecule has 0 aromatic heterocycles. The highest BCUT2D eigenvalue weighted by molar-refractivity contribution is 7.51. The van der Waals surface area contributed by atoms with Crippen LogP contribution >= 0.6 is 7.60 Å². The van der Waals surface area contributed by atoms with Crippen molar-refractivity contribution in [1.82, 2.24) is 5.32 Å². The number of benzene rings is 1. The molecule has 1 aromatic carbocycles. The quantitative estimate of drug-likeness (QED) is 0.424. The van der Waals surface area contributed by atoms with Gasteiger partial charge in [0.15, 0.2) is 0 Å². The first-order chi connectivity index (χ1) is 14.6. The number of ether oxygens (including phenoxy) is 1. The molecule has 1 atom stereocenters. The molecule has 1 aliphatic carbocycles. The Morgan fingerprint density at radius 2 is 1.94 bits per heavy atom. The highest BCUT2D eigenvalue weighted by Crippen LogP contribution is 2.50. The van der Waals surface area contributed by atoms with Crippen LogP contribution in [0.5, 0.6) is 0 Å². The minimum Gasteiger partial charge on any atom is -0.465 e. The molecule has 9 nitrogen and oxygen atoms in total. The fourth-order valence-electron chi connectivity index (χ4n) is 4.56. The van der Waals surface area contributed by atoms with E-state index in [2.05, 4.69) is 5.32 Å². The molecule has 1 saturated carbocycles. The van der Waals surface area contributed by atoms with Crippen molar-refractivity contribution in [3.8, 4) is 0 Å². The summed E-state index contributed by atoms with van der Waals surface area (Å²) in [5, 5.41) is 2.76. The number of anilines is 1. The third-order valence-corrected chi connectivity index (χ3v) is 7.01. The number of nitrogens with zero attached hydrogens (tertiary/aromatic N) is 1. The van der Waals surface area contributed by atoms with Crippen molar-refractivity contribution in [1.29, 1.82) is 0 Å². The molecule has 10 heteroatoms. The molecule has 1 heterocycles. The molecule has 0 unspecified atom stereocenters. The molecule has 1 aliphatic heterocycles. The summed E-state index contributed by atoms with van der Waals surface area (Å²) in [6.07, 6.45) is 2.46. The predicted molar refractivity (Wildman–Crippen MR) is 113 cm³/mol. The van der Waals surface area contributed by atoms with E-state index in [1.54, 1.807) is 19.1 Å². The van der Waals surface area contributed by atoms with Gasteiger partial charge in [0.25, 0.3) is 0 Å². The summed E-state index contributed by atoms with van der Waals surface area (Å²) in [5.41, 5.74) is 0.301. The van der Waals surface area contributed by atoms with Crippen LogP contribution in [0.15, 0.2) is 24.3 Å². The van der Waals surface area contributed by atoms with Crippen molar-refractivity contribution in [3.05, 3.63) is 29.8 Å². The van der Waals surface area contributed by atoms with Gasteiger partial charge in [-0.3, -0.25) is 23.8 Å². The lowest BCUT2D eigenvalue weighted by molar-refractivity contribution is -0.142. The highest BCUT2D eigenvalue weighted by atomic mass is 31.2. The topological polar surface area (TPSA) is 133 Å². The fraction of sp³-hybridized carbons (Fsp3) is 0.571. The molecular weight excluding hydrogens is 423 g/mol. The summed E-state index contributed by atoms with van der Waals surface area (Å²) in [6, 6.07) is 6.35. The highest BCUT2D eigenvalue weighted by Gasteiger charge is 2.47. The van der Waals surface area contributed by atoms with E-state index in [1.165, 1.54) is 4.90 Å². The molecule has 1 fully saturated rings. The fourth-order valence-corrected chi connectivity index (χ4v) is 5.81. The molecule has 2 amide bonds. The van der Waals surface area contributed by atoms with Gasteiger partial charge in [-0.05, 0) is 44.2 Å². The zero-order valence-electron chi connectivity index (χ0n) is 17.6. The number of hydrogen-bond donors (Lipinski definition) is 3. The van der Waals surface area contributed by atoms with Crippen LogP contribution in [-0.2, 0) is 30.1 Å². The van der Waals surface area contributed by atoms with E-state index in [-0.39, 0.29) is 13.2 Å². The normalized spacial score (nSPS) is 20.7. The van der Waals surface area contributed by atoms with Gasteiger partial charge in [0.05, 0.1) is 18.2 Å². The summed E-state index contributed by atoms with van der Waals surface area (Å²) in [4.78, 5) is 59.0. The largest absolute Gasteiger partial charge is 0.465 e. The van der Waals surface area contributed by atoms with E-state index in [0.717, 1.165) is 5.56 Å². The van der Waals surface area contributed by atoms with Crippen molar-refractivity contribution in [3.63, 3.8) is 0 Å². The third-order valence-electron chi connectivity index (χ3n) is 6.00. The minimum absolute atomic E-state index is 0.188.